The summed E-state index contributed by atoms with van der Waals surface area (Å²) in [7, 11) is 0. The Hall–Kier alpha value is -2.11. The van der Waals surface area contributed by atoms with E-state index >= 15 is 0 Å². The molecule has 20 heavy (non-hydrogen) atoms. The molecule has 5 heteroatoms. The number of rotatable bonds is 1. The first-order valence-electron chi connectivity index (χ1n) is 6.75. The molecule has 0 aliphatic carbocycles. The maximum absolute atomic E-state index is 13.2. The van der Waals surface area contributed by atoms with E-state index in [1.54, 1.807) is 0 Å². The number of pyridine rings is 1. The van der Waals surface area contributed by atoms with Crippen molar-refractivity contribution < 1.29 is 4.39 Å². The maximum Gasteiger partial charge on any atom is 0.146 e. The Morgan fingerprint density at radius 3 is 3.00 bits per heavy atom. The van der Waals surface area contributed by atoms with Gasteiger partial charge in [-0.25, -0.2) is 9.37 Å². The Morgan fingerprint density at radius 1 is 1.40 bits per heavy atom. The maximum atomic E-state index is 13.2. The van der Waals surface area contributed by atoms with Crippen molar-refractivity contribution in [1.29, 1.82) is 5.26 Å². The van der Waals surface area contributed by atoms with Gasteiger partial charge in [-0.1, -0.05) is 5.92 Å². The van der Waals surface area contributed by atoms with Gasteiger partial charge in [-0.2, -0.15) is 5.26 Å². The molecule has 2 aliphatic heterocycles. The number of anilines is 1. The summed E-state index contributed by atoms with van der Waals surface area (Å²) >= 11 is 0. The first-order chi connectivity index (χ1) is 9.72. The molecule has 2 saturated heterocycles. The van der Waals surface area contributed by atoms with Crippen LogP contribution >= 0.6 is 0 Å². The fraction of sp³-hybridized carbons (Fsp3) is 0.467. The zero-order valence-corrected chi connectivity index (χ0v) is 11.1. The normalized spacial score (nSPS) is 25.9. The highest BCUT2D eigenvalue weighted by atomic mass is 19.1. The molecule has 1 aromatic heterocycles. The lowest BCUT2D eigenvalue weighted by Gasteiger charge is -2.39. The van der Waals surface area contributed by atoms with E-state index in [-0.39, 0.29) is 6.04 Å². The van der Waals surface area contributed by atoms with Crippen LogP contribution in [-0.4, -0.2) is 41.6 Å². The molecule has 2 atom stereocenters. The van der Waals surface area contributed by atoms with Gasteiger partial charge in [0.15, 0.2) is 0 Å². The van der Waals surface area contributed by atoms with E-state index in [2.05, 4.69) is 20.7 Å². The van der Waals surface area contributed by atoms with E-state index < -0.39 is 5.82 Å². The van der Waals surface area contributed by atoms with Gasteiger partial charge >= 0.3 is 0 Å². The summed E-state index contributed by atoms with van der Waals surface area (Å²) in [5.41, 5.74) is 0.296. The van der Waals surface area contributed by atoms with Crippen molar-refractivity contribution in [2.75, 3.05) is 24.5 Å². The van der Waals surface area contributed by atoms with Gasteiger partial charge in [-0.3, -0.25) is 4.90 Å². The van der Waals surface area contributed by atoms with Crippen molar-refractivity contribution in [1.82, 2.24) is 9.88 Å². The van der Waals surface area contributed by atoms with Crippen LogP contribution in [-0.2, 0) is 0 Å². The number of hydrogen-bond acceptors (Lipinski definition) is 4. The van der Waals surface area contributed by atoms with E-state index in [9.17, 15) is 4.39 Å². The molecule has 4 nitrogen and oxygen atoms in total. The topological polar surface area (TPSA) is 43.2 Å². The average molecular weight is 270 g/mol. The standard InChI is InChI=1S/C15H15FN4/c1-2-13-3-4-14-10-19(5-6-20(13)14)15-11(8-17)7-12(16)9-18-15/h1,7,9,13-14H,3-6,10H2/t13-,14-/m0/s1. The molecule has 0 saturated carbocycles. The fourth-order valence-electron chi connectivity index (χ4n) is 3.19. The van der Waals surface area contributed by atoms with Gasteiger partial charge in [-0.15, -0.1) is 6.42 Å². The van der Waals surface area contributed by atoms with E-state index in [0.29, 0.717) is 17.4 Å². The van der Waals surface area contributed by atoms with Crippen molar-refractivity contribution in [3.05, 3.63) is 23.6 Å². The number of terminal acetylenes is 1. The van der Waals surface area contributed by atoms with Crippen LogP contribution in [0.25, 0.3) is 0 Å². The fourth-order valence-corrected chi connectivity index (χ4v) is 3.19. The molecular weight excluding hydrogens is 255 g/mol. The molecule has 2 aliphatic rings. The van der Waals surface area contributed by atoms with Crippen molar-refractivity contribution in [2.24, 2.45) is 0 Å². The minimum atomic E-state index is -0.475. The van der Waals surface area contributed by atoms with Gasteiger partial charge in [0.05, 0.1) is 17.8 Å². The number of nitriles is 1. The minimum Gasteiger partial charge on any atom is -0.353 e. The highest BCUT2D eigenvalue weighted by Crippen LogP contribution is 2.29. The molecule has 0 aromatic carbocycles. The Bertz CT molecular complexity index is 601. The molecule has 2 fully saturated rings. The number of nitrogens with zero attached hydrogens (tertiary/aromatic N) is 4. The molecule has 1 aromatic rings. The largest absolute Gasteiger partial charge is 0.353 e. The number of hydrogen-bond donors (Lipinski definition) is 0. The Morgan fingerprint density at radius 2 is 2.25 bits per heavy atom. The second kappa shape index (κ2) is 5.11. The lowest BCUT2D eigenvalue weighted by atomic mass is 10.1. The molecular formula is C15H15FN4. The molecule has 0 bridgehead atoms. The van der Waals surface area contributed by atoms with Crippen molar-refractivity contribution in [2.45, 2.75) is 24.9 Å². The van der Waals surface area contributed by atoms with Crippen LogP contribution in [0.3, 0.4) is 0 Å². The van der Waals surface area contributed by atoms with Gasteiger partial charge in [0.1, 0.15) is 17.7 Å². The van der Waals surface area contributed by atoms with Gasteiger partial charge in [0, 0.05) is 25.7 Å². The first kappa shape index (κ1) is 12.9. The smallest absolute Gasteiger partial charge is 0.146 e. The molecule has 3 heterocycles. The highest BCUT2D eigenvalue weighted by Gasteiger charge is 2.37. The summed E-state index contributed by atoms with van der Waals surface area (Å²) in [5.74, 6) is 2.94. The lowest BCUT2D eigenvalue weighted by molar-refractivity contribution is 0.202. The third-order valence-electron chi connectivity index (χ3n) is 4.15. The third-order valence-corrected chi connectivity index (χ3v) is 4.15. The van der Waals surface area contributed by atoms with E-state index in [4.69, 9.17) is 11.7 Å². The summed E-state index contributed by atoms with van der Waals surface area (Å²) in [6, 6.07) is 3.91. The Labute approximate surface area is 117 Å². The third kappa shape index (κ3) is 2.11. The van der Waals surface area contributed by atoms with Gasteiger partial charge in [0.2, 0.25) is 0 Å². The van der Waals surface area contributed by atoms with Gasteiger partial charge in [0.25, 0.3) is 0 Å². The zero-order chi connectivity index (χ0) is 14.1. The summed E-state index contributed by atoms with van der Waals surface area (Å²) in [6.07, 6.45) is 8.80. The lowest BCUT2D eigenvalue weighted by Crippen LogP contribution is -2.52. The van der Waals surface area contributed by atoms with Crippen LogP contribution < -0.4 is 4.90 Å². The highest BCUT2D eigenvalue weighted by molar-refractivity contribution is 5.54. The minimum absolute atomic E-state index is 0.235. The summed E-state index contributed by atoms with van der Waals surface area (Å²) in [4.78, 5) is 8.52. The van der Waals surface area contributed by atoms with Gasteiger partial charge in [-0.05, 0) is 18.9 Å². The van der Waals surface area contributed by atoms with Crippen LogP contribution in [0.4, 0.5) is 10.2 Å². The molecule has 0 radical (unpaired) electrons. The molecule has 3 rings (SSSR count). The van der Waals surface area contributed by atoms with Crippen LogP contribution in [0, 0.1) is 29.5 Å². The first-order valence-corrected chi connectivity index (χ1v) is 6.75. The number of aromatic nitrogens is 1. The summed E-state index contributed by atoms with van der Waals surface area (Å²) in [6.45, 7) is 2.43. The zero-order valence-electron chi connectivity index (χ0n) is 11.1. The van der Waals surface area contributed by atoms with Crippen LogP contribution in [0.1, 0.15) is 18.4 Å². The van der Waals surface area contributed by atoms with Crippen molar-refractivity contribution in [3.8, 4) is 18.4 Å². The van der Waals surface area contributed by atoms with E-state index in [1.165, 1.54) is 12.3 Å². The summed E-state index contributed by atoms with van der Waals surface area (Å²) in [5, 5.41) is 9.12. The predicted molar refractivity (Wildman–Crippen MR) is 73.5 cm³/mol. The van der Waals surface area contributed by atoms with E-state index in [1.807, 2.05) is 6.07 Å². The molecule has 0 spiro atoms. The quantitative estimate of drug-likeness (QED) is 0.723. The van der Waals surface area contributed by atoms with Crippen LogP contribution in [0.2, 0.25) is 0 Å². The van der Waals surface area contributed by atoms with Crippen LogP contribution in [0.15, 0.2) is 12.3 Å². The Balaban J connectivity index is 1.82. The number of halogens is 1. The van der Waals surface area contributed by atoms with Crippen molar-refractivity contribution >= 4 is 5.82 Å². The molecule has 0 unspecified atom stereocenters. The Kier molecular flexibility index (Phi) is 3.30. The number of fused-ring (bicyclic) bond motifs is 1. The molecule has 102 valence electrons. The van der Waals surface area contributed by atoms with Crippen molar-refractivity contribution in [3.63, 3.8) is 0 Å². The van der Waals surface area contributed by atoms with E-state index in [0.717, 1.165) is 32.5 Å². The second-order valence-corrected chi connectivity index (χ2v) is 5.23. The SMILES string of the molecule is C#C[C@H]1CC[C@H]2CN(c3ncc(F)cc3C#N)CCN21. The van der Waals surface area contributed by atoms with Gasteiger partial charge < -0.3 is 4.90 Å². The molecule has 0 amide bonds. The molecule has 0 N–H and O–H groups in total. The monoisotopic (exact) mass is 270 g/mol. The van der Waals surface area contributed by atoms with Crippen LogP contribution in [0.5, 0.6) is 0 Å². The summed E-state index contributed by atoms with van der Waals surface area (Å²) < 4.78 is 13.2. The predicted octanol–water partition coefficient (Wildman–Crippen LogP) is 1.38. The number of piperazine rings is 1. The average Bonchev–Trinajstić information content (AvgIpc) is 2.89. The second-order valence-electron chi connectivity index (χ2n) is 5.23.